The first-order chi connectivity index (χ1) is 13.9. The van der Waals surface area contributed by atoms with Gasteiger partial charge in [0, 0.05) is 17.6 Å². The number of rotatable bonds is 5. The minimum Gasteiger partial charge on any atom is -0.504 e. The number of carbonyl (C=O) groups is 1. The Kier molecular flexibility index (Phi) is 5.68. The highest BCUT2D eigenvalue weighted by molar-refractivity contribution is 5.91. The van der Waals surface area contributed by atoms with Crippen LogP contribution in [-0.4, -0.2) is 30.4 Å². The molecule has 2 aromatic rings. The van der Waals surface area contributed by atoms with Crippen LogP contribution >= 0.6 is 0 Å². The van der Waals surface area contributed by atoms with Crippen LogP contribution in [0.1, 0.15) is 25.0 Å². The number of hydrogen-bond acceptors (Lipinski definition) is 7. The highest BCUT2D eigenvalue weighted by atomic mass is 16.6. The van der Waals surface area contributed by atoms with Gasteiger partial charge < -0.3 is 29.2 Å². The first-order valence-corrected chi connectivity index (χ1v) is 8.93. The van der Waals surface area contributed by atoms with E-state index in [1.807, 2.05) is 30.3 Å². The topological polar surface area (TPSA) is 94.5 Å². The standard InChI is InChI=1S/C22H22O7/c1-5-12(2)22(25)29-21-17(24)20(27-4)16(23)14-11-15(26-3)18(28-19(14)21)13-9-7-6-8-10-13/h5-10,23-24H,11H2,1-4H3/b12-5+. The Labute approximate surface area is 168 Å². The Balaban J connectivity index is 2.19. The van der Waals surface area contributed by atoms with E-state index < -0.39 is 11.7 Å². The van der Waals surface area contributed by atoms with Gasteiger partial charge in [0.2, 0.25) is 17.2 Å². The molecule has 152 valence electrons. The smallest absolute Gasteiger partial charge is 0.339 e. The molecule has 29 heavy (non-hydrogen) atoms. The first kappa shape index (κ1) is 20.1. The lowest BCUT2D eigenvalue weighted by atomic mass is 10.0. The molecule has 0 amide bonds. The highest BCUT2D eigenvalue weighted by Gasteiger charge is 2.34. The molecule has 0 saturated carbocycles. The number of aromatic hydroxyl groups is 2. The van der Waals surface area contributed by atoms with Crippen LogP contribution in [0.15, 0.2) is 47.7 Å². The molecule has 0 aromatic heterocycles. The average Bonchev–Trinajstić information content (AvgIpc) is 2.76. The second-order valence-electron chi connectivity index (χ2n) is 6.33. The normalized spacial score (nSPS) is 13.4. The summed E-state index contributed by atoms with van der Waals surface area (Å²) < 4.78 is 22.0. The van der Waals surface area contributed by atoms with E-state index in [1.165, 1.54) is 14.2 Å². The number of phenolic OH excluding ortho intramolecular Hbond substituents is 2. The fourth-order valence-electron chi connectivity index (χ4n) is 2.93. The number of phenols is 2. The summed E-state index contributed by atoms with van der Waals surface area (Å²) in [4.78, 5) is 12.3. The van der Waals surface area contributed by atoms with E-state index >= 15 is 0 Å². The van der Waals surface area contributed by atoms with Gasteiger partial charge in [0.25, 0.3) is 0 Å². The number of allylic oxidation sites excluding steroid dienone is 2. The molecule has 0 aliphatic carbocycles. The number of benzene rings is 2. The maximum Gasteiger partial charge on any atom is 0.339 e. The van der Waals surface area contributed by atoms with Crippen molar-refractivity contribution in [1.82, 2.24) is 0 Å². The van der Waals surface area contributed by atoms with Crippen molar-refractivity contribution in [3.63, 3.8) is 0 Å². The molecule has 0 radical (unpaired) electrons. The third kappa shape index (κ3) is 3.59. The fraction of sp³-hybridized carbons (Fsp3) is 0.227. The van der Waals surface area contributed by atoms with Gasteiger partial charge in [-0.3, -0.25) is 0 Å². The van der Waals surface area contributed by atoms with E-state index in [-0.39, 0.29) is 35.0 Å². The molecule has 0 unspecified atom stereocenters. The van der Waals surface area contributed by atoms with Gasteiger partial charge in [0.05, 0.1) is 19.8 Å². The van der Waals surface area contributed by atoms with Crippen molar-refractivity contribution in [2.45, 2.75) is 20.3 Å². The third-order valence-corrected chi connectivity index (χ3v) is 4.64. The molecule has 0 spiro atoms. The van der Waals surface area contributed by atoms with Gasteiger partial charge in [-0.2, -0.15) is 0 Å². The van der Waals surface area contributed by atoms with Crippen molar-refractivity contribution in [2.75, 3.05) is 14.2 Å². The summed E-state index contributed by atoms with van der Waals surface area (Å²) in [5.74, 6) is -1.07. The van der Waals surface area contributed by atoms with Crippen LogP contribution in [0, 0.1) is 0 Å². The van der Waals surface area contributed by atoms with Crippen LogP contribution < -0.4 is 14.2 Å². The summed E-state index contributed by atoms with van der Waals surface area (Å²) in [5, 5.41) is 21.2. The molecule has 7 nitrogen and oxygen atoms in total. The maximum absolute atomic E-state index is 12.3. The molecule has 0 fully saturated rings. The van der Waals surface area contributed by atoms with E-state index in [1.54, 1.807) is 19.9 Å². The van der Waals surface area contributed by atoms with Crippen LogP contribution in [0.5, 0.6) is 28.7 Å². The van der Waals surface area contributed by atoms with Crippen molar-refractivity contribution >= 4 is 11.7 Å². The second-order valence-corrected chi connectivity index (χ2v) is 6.33. The Morgan fingerprint density at radius 2 is 1.76 bits per heavy atom. The summed E-state index contributed by atoms with van der Waals surface area (Å²) in [7, 11) is 2.79. The lowest BCUT2D eigenvalue weighted by molar-refractivity contribution is -0.130. The third-order valence-electron chi connectivity index (χ3n) is 4.64. The number of ether oxygens (including phenoxy) is 4. The molecule has 7 heteroatoms. The molecule has 0 bridgehead atoms. The van der Waals surface area contributed by atoms with Crippen LogP contribution in [0.3, 0.4) is 0 Å². The fourth-order valence-corrected chi connectivity index (χ4v) is 2.93. The van der Waals surface area contributed by atoms with Crippen molar-refractivity contribution in [3.05, 3.63) is 58.9 Å². The van der Waals surface area contributed by atoms with Gasteiger partial charge in [0.1, 0.15) is 5.76 Å². The summed E-state index contributed by atoms with van der Waals surface area (Å²) >= 11 is 0. The zero-order valence-corrected chi connectivity index (χ0v) is 16.6. The van der Waals surface area contributed by atoms with Crippen molar-refractivity contribution in [1.29, 1.82) is 0 Å². The Morgan fingerprint density at radius 1 is 1.07 bits per heavy atom. The number of carbonyl (C=O) groups excluding carboxylic acids is 1. The minimum absolute atomic E-state index is 0.0257. The second kappa shape index (κ2) is 8.18. The molecule has 0 saturated heterocycles. The average molecular weight is 398 g/mol. The van der Waals surface area contributed by atoms with Crippen LogP contribution in [-0.2, 0) is 16.0 Å². The molecular weight excluding hydrogens is 376 g/mol. The summed E-state index contributed by atoms with van der Waals surface area (Å²) in [6.45, 7) is 3.28. The van der Waals surface area contributed by atoms with Crippen molar-refractivity contribution in [3.8, 4) is 28.7 Å². The van der Waals surface area contributed by atoms with E-state index in [0.717, 1.165) is 5.56 Å². The molecule has 1 aliphatic rings. The summed E-state index contributed by atoms with van der Waals surface area (Å²) in [6.07, 6.45) is 1.73. The van der Waals surface area contributed by atoms with Gasteiger partial charge in [-0.25, -0.2) is 4.79 Å². The number of hydrogen-bond donors (Lipinski definition) is 2. The molecule has 2 aromatic carbocycles. The van der Waals surface area contributed by atoms with Gasteiger partial charge in [-0.1, -0.05) is 36.4 Å². The van der Waals surface area contributed by atoms with E-state index in [2.05, 4.69) is 0 Å². The highest BCUT2D eigenvalue weighted by Crippen LogP contribution is 2.55. The zero-order valence-electron chi connectivity index (χ0n) is 16.6. The van der Waals surface area contributed by atoms with Crippen LogP contribution in [0.25, 0.3) is 5.76 Å². The zero-order chi connectivity index (χ0) is 21.1. The number of methoxy groups -OCH3 is 2. The lowest BCUT2D eigenvalue weighted by Gasteiger charge is -2.26. The SMILES string of the molecule is C/C=C(\C)C(=O)Oc1c(O)c(OC)c(O)c2c1OC(c1ccccc1)=C(OC)C2. The Morgan fingerprint density at radius 3 is 2.34 bits per heavy atom. The van der Waals surface area contributed by atoms with Crippen LogP contribution in [0.4, 0.5) is 0 Å². The lowest BCUT2D eigenvalue weighted by Crippen LogP contribution is -2.15. The molecule has 1 aliphatic heterocycles. The van der Waals surface area contributed by atoms with Gasteiger partial charge >= 0.3 is 5.97 Å². The quantitative estimate of drug-likeness (QED) is 0.448. The van der Waals surface area contributed by atoms with Crippen molar-refractivity contribution in [2.24, 2.45) is 0 Å². The Bertz CT molecular complexity index is 1000. The van der Waals surface area contributed by atoms with E-state index in [9.17, 15) is 15.0 Å². The minimum atomic E-state index is -0.663. The predicted molar refractivity (Wildman–Crippen MR) is 106 cm³/mol. The Hall–Kier alpha value is -3.61. The maximum atomic E-state index is 12.3. The summed E-state index contributed by atoms with van der Waals surface area (Å²) in [5.41, 5.74) is 1.35. The van der Waals surface area contributed by atoms with Crippen molar-refractivity contribution < 1.29 is 34.0 Å². The molecular formula is C22H22O7. The number of fused-ring (bicyclic) bond motifs is 1. The van der Waals surface area contributed by atoms with Gasteiger partial charge in [-0.05, 0) is 13.8 Å². The molecule has 2 N–H and O–H groups in total. The van der Waals surface area contributed by atoms with E-state index in [4.69, 9.17) is 18.9 Å². The predicted octanol–water partition coefficient (Wildman–Crippen LogP) is 3.93. The molecule has 3 rings (SSSR count). The largest absolute Gasteiger partial charge is 0.504 e. The monoisotopic (exact) mass is 398 g/mol. The molecule has 1 heterocycles. The van der Waals surface area contributed by atoms with E-state index in [0.29, 0.717) is 17.1 Å². The molecule has 0 atom stereocenters. The van der Waals surface area contributed by atoms with Gasteiger partial charge in [0.15, 0.2) is 17.3 Å². The summed E-state index contributed by atoms with van der Waals surface area (Å²) in [6, 6.07) is 9.21. The number of esters is 1. The first-order valence-electron chi connectivity index (χ1n) is 8.93. The van der Waals surface area contributed by atoms with Crippen LogP contribution in [0.2, 0.25) is 0 Å². The van der Waals surface area contributed by atoms with Gasteiger partial charge in [-0.15, -0.1) is 0 Å².